The van der Waals surface area contributed by atoms with E-state index in [-0.39, 0.29) is 6.04 Å². The Kier molecular flexibility index (Phi) is 4.16. The minimum absolute atomic E-state index is 0.109. The van der Waals surface area contributed by atoms with Crippen molar-refractivity contribution in [3.8, 4) is 0 Å². The van der Waals surface area contributed by atoms with E-state index in [1.165, 1.54) is 64.5 Å². The summed E-state index contributed by atoms with van der Waals surface area (Å²) in [5.41, 5.74) is 0. The maximum absolute atomic E-state index is 12.6. The van der Waals surface area contributed by atoms with Gasteiger partial charge in [-0.3, -0.25) is 9.69 Å². The van der Waals surface area contributed by atoms with Gasteiger partial charge in [0.2, 0.25) is 5.91 Å². The van der Waals surface area contributed by atoms with Gasteiger partial charge in [-0.05, 0) is 58.5 Å². The molecule has 4 fully saturated rings. The Labute approximate surface area is 134 Å². The first-order valence-electron chi connectivity index (χ1n) is 9.54. The van der Waals surface area contributed by atoms with E-state index >= 15 is 0 Å². The van der Waals surface area contributed by atoms with Crippen LogP contribution < -0.4 is 0 Å². The molecule has 4 aliphatic rings. The number of piperazine rings is 1. The van der Waals surface area contributed by atoms with Crippen LogP contribution in [-0.2, 0) is 4.79 Å². The van der Waals surface area contributed by atoms with Gasteiger partial charge in [-0.15, -0.1) is 0 Å². The summed E-state index contributed by atoms with van der Waals surface area (Å²) in [4.78, 5) is 20.1. The Morgan fingerprint density at radius 3 is 2.23 bits per heavy atom. The third kappa shape index (κ3) is 2.58. The van der Waals surface area contributed by atoms with Crippen molar-refractivity contribution in [1.82, 2.24) is 14.7 Å². The molecule has 124 valence electrons. The zero-order valence-electron chi connectivity index (χ0n) is 14.0. The van der Waals surface area contributed by atoms with Crippen molar-refractivity contribution in [2.45, 2.75) is 82.5 Å². The van der Waals surface area contributed by atoms with Gasteiger partial charge in [-0.1, -0.05) is 12.8 Å². The van der Waals surface area contributed by atoms with Gasteiger partial charge < -0.3 is 9.80 Å². The topological polar surface area (TPSA) is 26.8 Å². The summed E-state index contributed by atoms with van der Waals surface area (Å²) in [6.45, 7) is 6.77. The highest BCUT2D eigenvalue weighted by Gasteiger charge is 2.43. The smallest absolute Gasteiger partial charge is 0.239 e. The predicted molar refractivity (Wildman–Crippen MR) is 87.8 cm³/mol. The van der Waals surface area contributed by atoms with Gasteiger partial charge in [0.15, 0.2) is 0 Å². The number of rotatable bonds is 2. The Morgan fingerprint density at radius 2 is 1.50 bits per heavy atom. The molecular formula is C18H31N3O. The molecule has 2 atom stereocenters. The molecule has 0 aromatic carbocycles. The van der Waals surface area contributed by atoms with Crippen LogP contribution in [0.25, 0.3) is 0 Å². The first-order valence-corrected chi connectivity index (χ1v) is 9.54. The van der Waals surface area contributed by atoms with Crippen LogP contribution in [0.15, 0.2) is 0 Å². The first-order chi connectivity index (χ1) is 10.7. The zero-order valence-corrected chi connectivity index (χ0v) is 14.0. The molecule has 0 N–H and O–H groups in total. The van der Waals surface area contributed by atoms with Crippen LogP contribution >= 0.6 is 0 Å². The lowest BCUT2D eigenvalue weighted by atomic mass is 9.96. The fourth-order valence-electron chi connectivity index (χ4n) is 5.42. The summed E-state index contributed by atoms with van der Waals surface area (Å²) in [7, 11) is 0. The van der Waals surface area contributed by atoms with Gasteiger partial charge in [0, 0.05) is 31.2 Å². The number of piperidine rings is 1. The van der Waals surface area contributed by atoms with Crippen molar-refractivity contribution in [2.24, 2.45) is 0 Å². The van der Waals surface area contributed by atoms with E-state index in [4.69, 9.17) is 0 Å². The van der Waals surface area contributed by atoms with Crippen LogP contribution in [0, 0.1) is 0 Å². The van der Waals surface area contributed by atoms with E-state index < -0.39 is 0 Å². The van der Waals surface area contributed by atoms with Crippen molar-refractivity contribution in [3.05, 3.63) is 0 Å². The highest BCUT2D eigenvalue weighted by molar-refractivity contribution is 5.83. The molecule has 0 aromatic rings. The highest BCUT2D eigenvalue weighted by atomic mass is 16.2. The molecule has 0 unspecified atom stereocenters. The molecule has 0 radical (unpaired) electrons. The summed E-state index contributed by atoms with van der Waals surface area (Å²) >= 11 is 0. The van der Waals surface area contributed by atoms with E-state index in [1.807, 2.05) is 0 Å². The molecule has 1 aliphatic carbocycles. The van der Waals surface area contributed by atoms with Gasteiger partial charge in [-0.2, -0.15) is 0 Å². The van der Waals surface area contributed by atoms with Crippen LogP contribution in [0.2, 0.25) is 0 Å². The minimum Gasteiger partial charge on any atom is -0.337 e. The van der Waals surface area contributed by atoms with E-state index in [9.17, 15) is 4.79 Å². The zero-order chi connectivity index (χ0) is 15.1. The number of fused-ring (bicyclic) bond motifs is 1. The molecule has 3 heterocycles. The van der Waals surface area contributed by atoms with Gasteiger partial charge in [0.05, 0.1) is 6.04 Å². The number of hydrogen-bond acceptors (Lipinski definition) is 3. The second-order valence-electron chi connectivity index (χ2n) is 7.91. The summed E-state index contributed by atoms with van der Waals surface area (Å²) in [6.07, 6.45) is 10.6. The third-order valence-electron chi connectivity index (χ3n) is 6.75. The normalized spacial score (nSPS) is 36.2. The average Bonchev–Trinajstić information content (AvgIpc) is 3.22. The van der Waals surface area contributed by atoms with Crippen LogP contribution in [0.4, 0.5) is 0 Å². The minimum atomic E-state index is 0.109. The van der Waals surface area contributed by atoms with Crippen LogP contribution in [0.5, 0.6) is 0 Å². The number of amides is 1. The second-order valence-corrected chi connectivity index (χ2v) is 7.91. The van der Waals surface area contributed by atoms with Gasteiger partial charge >= 0.3 is 0 Å². The summed E-state index contributed by atoms with van der Waals surface area (Å²) in [6, 6.07) is 2.12. The van der Waals surface area contributed by atoms with E-state index in [0.717, 1.165) is 19.1 Å². The van der Waals surface area contributed by atoms with Crippen molar-refractivity contribution >= 4 is 5.91 Å². The van der Waals surface area contributed by atoms with Gasteiger partial charge in [0.25, 0.3) is 0 Å². The third-order valence-corrected chi connectivity index (χ3v) is 6.75. The van der Waals surface area contributed by atoms with E-state index in [0.29, 0.717) is 18.0 Å². The van der Waals surface area contributed by atoms with Crippen molar-refractivity contribution < 1.29 is 4.79 Å². The number of carbonyl (C=O) groups is 1. The number of nitrogens with zero attached hydrogens (tertiary/aromatic N) is 3. The van der Waals surface area contributed by atoms with Crippen LogP contribution in [0.1, 0.15) is 58.3 Å². The fourth-order valence-corrected chi connectivity index (χ4v) is 5.42. The maximum atomic E-state index is 12.6. The number of hydrogen-bond donors (Lipinski definition) is 0. The standard InChI is InChI=1S/C18H31N3O/c1-14-18(22)20-10-4-7-17(20)13-21(14)16-8-11-19(12-9-16)15-5-2-3-6-15/h14-17H,2-13H2,1H3/t14-,17-/m1/s1. The molecule has 0 aromatic heterocycles. The Balaban J connectivity index is 1.37. The average molecular weight is 305 g/mol. The quantitative estimate of drug-likeness (QED) is 0.781. The van der Waals surface area contributed by atoms with Crippen molar-refractivity contribution in [1.29, 1.82) is 0 Å². The van der Waals surface area contributed by atoms with Crippen LogP contribution in [-0.4, -0.2) is 71.0 Å². The van der Waals surface area contributed by atoms with E-state index in [2.05, 4.69) is 21.6 Å². The lowest BCUT2D eigenvalue weighted by molar-refractivity contribution is -0.145. The lowest BCUT2D eigenvalue weighted by Crippen LogP contribution is -2.62. The molecule has 0 spiro atoms. The second kappa shape index (κ2) is 6.12. The van der Waals surface area contributed by atoms with Crippen molar-refractivity contribution in [2.75, 3.05) is 26.2 Å². The molecule has 0 bridgehead atoms. The summed E-state index contributed by atoms with van der Waals surface area (Å²) in [5, 5.41) is 0. The molecule has 4 rings (SSSR count). The van der Waals surface area contributed by atoms with E-state index in [1.54, 1.807) is 0 Å². The van der Waals surface area contributed by atoms with Gasteiger partial charge in [-0.25, -0.2) is 0 Å². The number of likely N-dealkylation sites (tertiary alicyclic amines) is 1. The fraction of sp³-hybridized carbons (Fsp3) is 0.944. The predicted octanol–water partition coefficient (Wildman–Crippen LogP) is 2.09. The molecule has 3 aliphatic heterocycles. The lowest BCUT2D eigenvalue weighted by Gasteiger charge is -2.48. The Bertz CT molecular complexity index is 413. The molecule has 1 amide bonds. The molecule has 4 heteroatoms. The largest absolute Gasteiger partial charge is 0.337 e. The van der Waals surface area contributed by atoms with Gasteiger partial charge in [0.1, 0.15) is 0 Å². The molecular weight excluding hydrogens is 274 g/mol. The Morgan fingerprint density at radius 1 is 0.818 bits per heavy atom. The Hall–Kier alpha value is -0.610. The summed E-state index contributed by atoms with van der Waals surface area (Å²) in [5.74, 6) is 0.395. The van der Waals surface area contributed by atoms with Crippen molar-refractivity contribution in [3.63, 3.8) is 0 Å². The number of carbonyl (C=O) groups excluding carboxylic acids is 1. The maximum Gasteiger partial charge on any atom is 0.239 e. The monoisotopic (exact) mass is 305 g/mol. The molecule has 22 heavy (non-hydrogen) atoms. The molecule has 1 saturated carbocycles. The summed E-state index contributed by atoms with van der Waals surface area (Å²) < 4.78 is 0. The van der Waals surface area contributed by atoms with Crippen LogP contribution in [0.3, 0.4) is 0 Å². The molecule has 3 saturated heterocycles. The SMILES string of the molecule is C[C@@H]1C(=O)N2CCC[C@@H]2CN1C1CCN(C2CCCC2)CC1. The highest BCUT2D eigenvalue weighted by Crippen LogP contribution is 2.31. The molecule has 4 nitrogen and oxygen atoms in total. The first kappa shape index (κ1) is 14.9.